The first-order valence-electron chi connectivity index (χ1n) is 19.5. The molecule has 61 heavy (non-hydrogen) atoms. The van der Waals surface area contributed by atoms with Crippen LogP contribution in [0.1, 0.15) is 39.1 Å². The molecule has 0 saturated heterocycles. The van der Waals surface area contributed by atoms with Crippen LogP contribution in [0.15, 0.2) is 181 Å². The first kappa shape index (κ1) is 41.8. The number of carbonyl (C=O) groups excluding carboxylic acids is 1. The molecule has 308 valence electrons. The highest BCUT2D eigenvalue weighted by atomic mass is 32.1. The molecule has 7 aromatic rings. The fourth-order valence-electron chi connectivity index (χ4n) is 6.58. The lowest BCUT2D eigenvalue weighted by Crippen LogP contribution is -2.38. The number of aromatic nitrogens is 1. The SMILES string of the molecule is C=CCOC(=O)C(=NOCc1ccc(OCc2ccc(OC)cc2)c(OCc2ccc(OC)cc2)c1)c1csc(NC(c2ccccc2)(c2ccccc2)c2ccccc2)n1. The van der Waals surface area contributed by atoms with E-state index in [1.807, 2.05) is 121 Å². The van der Waals surface area contributed by atoms with E-state index < -0.39 is 11.5 Å². The summed E-state index contributed by atoms with van der Waals surface area (Å²) in [6, 6.07) is 51.4. The fourth-order valence-corrected chi connectivity index (χ4v) is 7.33. The monoisotopic (exact) mass is 831 g/mol. The number of esters is 1. The lowest BCUT2D eigenvalue weighted by atomic mass is 9.77. The third kappa shape index (κ3) is 10.4. The minimum atomic E-state index is -0.826. The number of benzene rings is 6. The van der Waals surface area contributed by atoms with E-state index in [0.29, 0.717) is 23.2 Å². The number of rotatable bonds is 20. The maximum absolute atomic E-state index is 13.5. The van der Waals surface area contributed by atoms with Gasteiger partial charge in [-0.1, -0.05) is 139 Å². The highest BCUT2D eigenvalue weighted by molar-refractivity contribution is 7.14. The van der Waals surface area contributed by atoms with Crippen molar-refractivity contribution in [2.45, 2.75) is 25.4 Å². The molecule has 1 aromatic heterocycles. The molecule has 0 aliphatic rings. The molecule has 7 rings (SSSR count). The van der Waals surface area contributed by atoms with E-state index in [9.17, 15) is 4.79 Å². The molecular formula is C50H45N3O7S. The second-order valence-corrected chi connectivity index (χ2v) is 14.5. The Morgan fingerprint density at radius 1 is 0.672 bits per heavy atom. The number of ether oxygens (including phenoxy) is 5. The zero-order chi connectivity index (χ0) is 42.3. The molecule has 0 unspecified atom stereocenters. The molecular weight excluding hydrogens is 787 g/mol. The summed E-state index contributed by atoms with van der Waals surface area (Å²) in [5.74, 6) is 1.87. The highest BCUT2D eigenvalue weighted by Crippen LogP contribution is 2.41. The van der Waals surface area contributed by atoms with Gasteiger partial charge in [-0.25, -0.2) is 9.78 Å². The van der Waals surface area contributed by atoms with Gasteiger partial charge in [0.05, 0.1) is 14.2 Å². The second-order valence-electron chi connectivity index (χ2n) is 13.7. The number of methoxy groups -OCH3 is 2. The van der Waals surface area contributed by atoms with Gasteiger partial charge in [-0.05, 0) is 69.8 Å². The maximum atomic E-state index is 13.5. The van der Waals surface area contributed by atoms with Crippen LogP contribution in [0, 0.1) is 0 Å². The number of nitrogens with one attached hydrogen (secondary N) is 1. The molecule has 0 fully saturated rings. The van der Waals surface area contributed by atoms with E-state index in [4.69, 9.17) is 33.5 Å². The Kier molecular flexibility index (Phi) is 14.1. The number of nitrogens with zero attached hydrogens (tertiary/aromatic N) is 2. The molecule has 11 heteroatoms. The number of anilines is 1. The van der Waals surface area contributed by atoms with Gasteiger partial charge < -0.3 is 33.8 Å². The normalized spacial score (nSPS) is 11.3. The van der Waals surface area contributed by atoms with E-state index in [0.717, 1.165) is 44.9 Å². The molecule has 6 aromatic carbocycles. The van der Waals surface area contributed by atoms with Gasteiger partial charge in [-0.3, -0.25) is 0 Å². The van der Waals surface area contributed by atoms with E-state index in [-0.39, 0.29) is 31.2 Å². The molecule has 0 amide bonds. The van der Waals surface area contributed by atoms with Crippen molar-refractivity contribution in [3.05, 3.63) is 215 Å². The van der Waals surface area contributed by atoms with Crippen LogP contribution in [0.3, 0.4) is 0 Å². The largest absolute Gasteiger partial charge is 0.497 e. The smallest absolute Gasteiger partial charge is 0.363 e. The zero-order valence-corrected chi connectivity index (χ0v) is 34.7. The Morgan fingerprint density at radius 3 is 1.69 bits per heavy atom. The number of carbonyl (C=O) groups is 1. The van der Waals surface area contributed by atoms with Gasteiger partial charge in [0, 0.05) is 5.38 Å². The average Bonchev–Trinajstić information content (AvgIpc) is 3.79. The summed E-state index contributed by atoms with van der Waals surface area (Å²) in [6.07, 6.45) is 1.49. The van der Waals surface area contributed by atoms with Gasteiger partial charge in [0.25, 0.3) is 0 Å². The summed E-state index contributed by atoms with van der Waals surface area (Å²) in [4.78, 5) is 24.3. The van der Waals surface area contributed by atoms with Crippen LogP contribution in [-0.2, 0) is 39.7 Å². The predicted octanol–water partition coefficient (Wildman–Crippen LogP) is 10.4. The average molecular weight is 832 g/mol. The second kappa shape index (κ2) is 20.5. The quantitative estimate of drug-likeness (QED) is 0.0264. The summed E-state index contributed by atoms with van der Waals surface area (Å²) in [6.45, 7) is 4.27. The Labute approximate surface area is 359 Å². The summed E-state index contributed by atoms with van der Waals surface area (Å²) in [7, 11) is 3.26. The van der Waals surface area contributed by atoms with E-state index in [1.165, 1.54) is 17.4 Å². The van der Waals surface area contributed by atoms with E-state index in [1.54, 1.807) is 19.6 Å². The lowest BCUT2D eigenvalue weighted by Gasteiger charge is -2.36. The first-order valence-corrected chi connectivity index (χ1v) is 20.4. The minimum absolute atomic E-state index is 0.00424. The van der Waals surface area contributed by atoms with Crippen molar-refractivity contribution in [1.82, 2.24) is 4.98 Å². The molecule has 0 bridgehead atoms. The van der Waals surface area contributed by atoms with Crippen LogP contribution in [0.4, 0.5) is 5.13 Å². The highest BCUT2D eigenvalue weighted by Gasteiger charge is 2.37. The molecule has 0 saturated carbocycles. The lowest BCUT2D eigenvalue weighted by molar-refractivity contribution is -0.134. The van der Waals surface area contributed by atoms with Crippen molar-refractivity contribution in [3.8, 4) is 23.0 Å². The van der Waals surface area contributed by atoms with Gasteiger partial charge >= 0.3 is 5.97 Å². The zero-order valence-electron chi connectivity index (χ0n) is 33.9. The van der Waals surface area contributed by atoms with Gasteiger partial charge in [0.1, 0.15) is 49.2 Å². The fraction of sp³-hybridized carbons (Fsp3) is 0.140. The Morgan fingerprint density at radius 2 is 1.18 bits per heavy atom. The van der Waals surface area contributed by atoms with E-state index in [2.05, 4.69) is 53.4 Å². The van der Waals surface area contributed by atoms with Crippen molar-refractivity contribution < 1.29 is 33.3 Å². The van der Waals surface area contributed by atoms with Crippen molar-refractivity contribution in [2.24, 2.45) is 5.16 Å². The Bertz CT molecular complexity index is 2410. The van der Waals surface area contributed by atoms with Gasteiger partial charge in [0.15, 0.2) is 16.6 Å². The van der Waals surface area contributed by atoms with Gasteiger partial charge in [0.2, 0.25) is 5.71 Å². The number of hydrogen-bond acceptors (Lipinski definition) is 11. The van der Waals surface area contributed by atoms with Crippen LogP contribution in [0.2, 0.25) is 0 Å². The molecule has 10 nitrogen and oxygen atoms in total. The molecule has 0 atom stereocenters. The van der Waals surface area contributed by atoms with E-state index >= 15 is 0 Å². The van der Waals surface area contributed by atoms with Gasteiger partial charge in [-0.2, -0.15) is 0 Å². The summed E-state index contributed by atoms with van der Waals surface area (Å²) in [5, 5.41) is 10.4. The van der Waals surface area contributed by atoms with Crippen LogP contribution in [0.5, 0.6) is 23.0 Å². The Hall–Kier alpha value is -7.37. The molecule has 0 spiro atoms. The molecule has 1 heterocycles. The number of thiazole rings is 1. The number of hydrogen-bond donors (Lipinski definition) is 1. The van der Waals surface area contributed by atoms with Crippen molar-refractivity contribution >= 4 is 28.1 Å². The summed E-state index contributed by atoms with van der Waals surface area (Å²) in [5.41, 5.74) is 5.04. The predicted molar refractivity (Wildman–Crippen MR) is 239 cm³/mol. The summed E-state index contributed by atoms with van der Waals surface area (Å²) < 4.78 is 28.6. The molecule has 0 aliphatic heterocycles. The standard InChI is InChI=1S/C50H45N3O7S/c1-4-30-57-48(54)47(44-35-61-49(51-44)52-50(39-14-8-5-9-15-39,40-16-10-6-11-17-40)41-18-12-7-13-19-41)53-60-34-38-24-29-45(58-32-36-20-25-42(55-2)26-21-36)46(31-38)59-33-37-22-27-43(56-3)28-23-37/h4-29,31,35H,1,30,32-34H2,2-3H3,(H,51,52). The Balaban J connectivity index is 1.15. The van der Waals surface area contributed by atoms with Crippen LogP contribution in [-0.4, -0.2) is 37.5 Å². The topological polar surface area (TPSA) is 110 Å². The minimum Gasteiger partial charge on any atom is -0.497 e. The number of oxime groups is 1. The third-order valence-corrected chi connectivity index (χ3v) is 10.4. The van der Waals surface area contributed by atoms with Crippen molar-refractivity contribution in [2.75, 3.05) is 26.1 Å². The van der Waals surface area contributed by atoms with Crippen LogP contribution >= 0.6 is 11.3 Å². The van der Waals surface area contributed by atoms with Gasteiger partial charge in [-0.15, -0.1) is 11.3 Å². The first-order chi connectivity index (χ1) is 30.0. The molecule has 0 radical (unpaired) electrons. The van der Waals surface area contributed by atoms with Crippen molar-refractivity contribution in [3.63, 3.8) is 0 Å². The molecule has 0 aliphatic carbocycles. The third-order valence-electron chi connectivity index (χ3n) is 9.69. The molecule has 1 N–H and O–H groups in total. The summed E-state index contributed by atoms with van der Waals surface area (Å²) >= 11 is 1.34. The maximum Gasteiger partial charge on any atom is 0.363 e. The van der Waals surface area contributed by atoms with Crippen molar-refractivity contribution in [1.29, 1.82) is 0 Å². The van der Waals surface area contributed by atoms with Crippen LogP contribution in [0.25, 0.3) is 0 Å². The van der Waals surface area contributed by atoms with Crippen LogP contribution < -0.4 is 24.3 Å².